The number of benzene rings is 2. The normalized spacial score (nSPS) is 17.1. The van der Waals surface area contributed by atoms with E-state index < -0.39 is 12.1 Å². The second kappa shape index (κ2) is 10.6. The van der Waals surface area contributed by atoms with E-state index in [4.69, 9.17) is 18.9 Å². The van der Waals surface area contributed by atoms with Gasteiger partial charge in [0.25, 0.3) is 0 Å². The molecule has 1 amide bonds. The Morgan fingerprint density at radius 1 is 1.09 bits per heavy atom. The van der Waals surface area contributed by atoms with Crippen LogP contribution < -0.4 is 24.3 Å². The molecule has 0 aliphatic carbocycles. The molecule has 8 nitrogen and oxygen atoms in total. The highest BCUT2D eigenvalue weighted by Crippen LogP contribution is 2.33. The van der Waals surface area contributed by atoms with Crippen molar-refractivity contribution in [2.45, 2.75) is 25.0 Å². The van der Waals surface area contributed by atoms with Gasteiger partial charge >= 0.3 is 0 Å². The van der Waals surface area contributed by atoms with Gasteiger partial charge in [-0.25, -0.2) is 0 Å². The average molecular weight is 443 g/mol. The SMILES string of the molecule is COc1ccc(OCCC(=O)N[C@H](CN2CCC2)[C@H](O)c2ccc3c(c2)OCCO3)cc1. The molecule has 0 radical (unpaired) electrons. The van der Waals surface area contributed by atoms with E-state index in [1.807, 2.05) is 18.2 Å². The summed E-state index contributed by atoms with van der Waals surface area (Å²) in [4.78, 5) is 14.8. The maximum atomic E-state index is 12.6. The van der Waals surface area contributed by atoms with Crippen molar-refractivity contribution >= 4 is 5.91 Å². The Labute approximate surface area is 188 Å². The number of rotatable bonds is 10. The molecule has 1 fully saturated rings. The number of carbonyl (C=O) groups is 1. The van der Waals surface area contributed by atoms with Crippen LogP contribution in [0.25, 0.3) is 0 Å². The van der Waals surface area contributed by atoms with Gasteiger partial charge in [0.05, 0.1) is 26.2 Å². The molecule has 8 heteroatoms. The van der Waals surface area contributed by atoms with Crippen LogP contribution in [-0.2, 0) is 4.79 Å². The number of likely N-dealkylation sites (tertiary alicyclic amines) is 1. The monoisotopic (exact) mass is 442 g/mol. The highest BCUT2D eigenvalue weighted by molar-refractivity contribution is 5.76. The van der Waals surface area contributed by atoms with E-state index in [1.54, 1.807) is 31.4 Å². The van der Waals surface area contributed by atoms with Gasteiger partial charge in [0, 0.05) is 6.54 Å². The maximum absolute atomic E-state index is 12.6. The van der Waals surface area contributed by atoms with E-state index in [1.165, 1.54) is 0 Å². The van der Waals surface area contributed by atoms with E-state index in [-0.39, 0.29) is 18.9 Å². The number of aliphatic hydroxyl groups excluding tert-OH is 1. The van der Waals surface area contributed by atoms with Gasteiger partial charge in [-0.1, -0.05) is 6.07 Å². The van der Waals surface area contributed by atoms with Crippen molar-refractivity contribution in [1.82, 2.24) is 10.2 Å². The van der Waals surface area contributed by atoms with Crippen molar-refractivity contribution in [3.05, 3.63) is 48.0 Å². The number of hydrogen-bond donors (Lipinski definition) is 2. The summed E-state index contributed by atoms with van der Waals surface area (Å²) in [6.07, 6.45) is 0.463. The van der Waals surface area contributed by atoms with E-state index in [9.17, 15) is 9.90 Å². The van der Waals surface area contributed by atoms with Crippen LogP contribution >= 0.6 is 0 Å². The first-order chi connectivity index (χ1) is 15.6. The number of fused-ring (bicyclic) bond motifs is 1. The van der Waals surface area contributed by atoms with E-state index >= 15 is 0 Å². The minimum absolute atomic E-state index is 0.166. The summed E-state index contributed by atoms with van der Waals surface area (Å²) in [7, 11) is 1.61. The van der Waals surface area contributed by atoms with Crippen LogP contribution in [-0.4, -0.2) is 68.5 Å². The number of aliphatic hydroxyl groups is 1. The number of methoxy groups -OCH3 is 1. The lowest BCUT2D eigenvalue weighted by molar-refractivity contribution is -0.123. The fraction of sp³-hybridized carbons (Fsp3) is 0.458. The zero-order valence-corrected chi connectivity index (χ0v) is 18.3. The van der Waals surface area contributed by atoms with Gasteiger partial charge in [-0.15, -0.1) is 0 Å². The van der Waals surface area contributed by atoms with Gasteiger partial charge in [-0.3, -0.25) is 4.79 Å². The number of amides is 1. The lowest BCUT2D eigenvalue weighted by atomic mass is 9.99. The molecule has 0 aromatic heterocycles. The Hall–Kier alpha value is -2.97. The highest BCUT2D eigenvalue weighted by Gasteiger charge is 2.28. The zero-order valence-electron chi connectivity index (χ0n) is 18.3. The second-order valence-electron chi connectivity index (χ2n) is 7.95. The molecule has 2 heterocycles. The Balaban J connectivity index is 1.34. The third-order valence-electron chi connectivity index (χ3n) is 5.70. The Bertz CT molecular complexity index is 900. The molecule has 4 rings (SSSR count). The molecule has 0 saturated carbocycles. The van der Waals surface area contributed by atoms with Gasteiger partial charge in [-0.2, -0.15) is 0 Å². The van der Waals surface area contributed by atoms with Crippen molar-refractivity contribution in [2.24, 2.45) is 0 Å². The van der Waals surface area contributed by atoms with Crippen LogP contribution in [0, 0.1) is 0 Å². The lowest BCUT2D eigenvalue weighted by Gasteiger charge is -2.36. The van der Waals surface area contributed by atoms with Gasteiger partial charge in [-0.05, 0) is 61.5 Å². The van der Waals surface area contributed by atoms with E-state index in [0.29, 0.717) is 42.6 Å². The Morgan fingerprint density at radius 3 is 2.50 bits per heavy atom. The minimum atomic E-state index is -0.863. The van der Waals surface area contributed by atoms with Crippen LogP contribution in [0.1, 0.15) is 24.5 Å². The average Bonchev–Trinajstić information content (AvgIpc) is 2.80. The fourth-order valence-corrected chi connectivity index (χ4v) is 3.76. The quantitative estimate of drug-likeness (QED) is 0.583. The molecular weight excluding hydrogens is 412 g/mol. The predicted molar refractivity (Wildman–Crippen MR) is 118 cm³/mol. The second-order valence-corrected chi connectivity index (χ2v) is 7.95. The summed E-state index contributed by atoms with van der Waals surface area (Å²) in [5.74, 6) is 2.55. The summed E-state index contributed by atoms with van der Waals surface area (Å²) in [5.41, 5.74) is 0.689. The molecule has 2 aliphatic heterocycles. The summed E-state index contributed by atoms with van der Waals surface area (Å²) >= 11 is 0. The van der Waals surface area contributed by atoms with Crippen LogP contribution in [0.4, 0.5) is 0 Å². The molecule has 0 unspecified atom stereocenters. The standard InChI is InChI=1S/C24H30N2O6/c1-29-18-4-6-19(7-5-18)30-12-9-23(27)25-20(16-26-10-2-11-26)24(28)17-3-8-21-22(15-17)32-14-13-31-21/h3-8,15,20,24,28H,2,9-14,16H2,1H3,(H,25,27)/t20-,24-/m1/s1. The number of nitrogens with one attached hydrogen (secondary N) is 1. The van der Waals surface area contributed by atoms with Gasteiger partial charge in [0.1, 0.15) is 30.8 Å². The largest absolute Gasteiger partial charge is 0.497 e. The van der Waals surface area contributed by atoms with Crippen molar-refractivity contribution in [1.29, 1.82) is 0 Å². The van der Waals surface area contributed by atoms with Crippen molar-refractivity contribution in [3.63, 3.8) is 0 Å². The maximum Gasteiger partial charge on any atom is 0.223 e. The van der Waals surface area contributed by atoms with E-state index in [2.05, 4.69) is 10.2 Å². The van der Waals surface area contributed by atoms with Crippen molar-refractivity contribution < 1.29 is 28.8 Å². The first-order valence-electron chi connectivity index (χ1n) is 11.0. The Kier molecular flexibility index (Phi) is 7.34. The summed E-state index contributed by atoms with van der Waals surface area (Å²) in [5, 5.41) is 14.1. The van der Waals surface area contributed by atoms with Crippen LogP contribution in [0.15, 0.2) is 42.5 Å². The smallest absolute Gasteiger partial charge is 0.223 e. The molecule has 2 aromatic carbocycles. The first-order valence-corrected chi connectivity index (χ1v) is 11.0. The topological polar surface area (TPSA) is 89.5 Å². The molecule has 0 spiro atoms. The molecule has 2 aromatic rings. The molecule has 2 N–H and O–H groups in total. The Morgan fingerprint density at radius 2 is 1.81 bits per heavy atom. The van der Waals surface area contributed by atoms with Gasteiger partial charge < -0.3 is 34.3 Å². The highest BCUT2D eigenvalue weighted by atomic mass is 16.6. The van der Waals surface area contributed by atoms with Gasteiger partial charge in [0.2, 0.25) is 5.91 Å². The predicted octanol–water partition coefficient (Wildman–Crippen LogP) is 2.16. The first kappa shape index (κ1) is 22.2. The molecule has 32 heavy (non-hydrogen) atoms. The molecule has 1 saturated heterocycles. The molecule has 2 atom stereocenters. The van der Waals surface area contributed by atoms with Crippen molar-refractivity contribution in [2.75, 3.05) is 46.6 Å². The number of carbonyl (C=O) groups excluding carboxylic acids is 1. The number of ether oxygens (including phenoxy) is 4. The van der Waals surface area contributed by atoms with Crippen molar-refractivity contribution in [3.8, 4) is 23.0 Å². The minimum Gasteiger partial charge on any atom is -0.497 e. The van der Waals surface area contributed by atoms with E-state index in [0.717, 1.165) is 25.3 Å². The van der Waals surface area contributed by atoms with Gasteiger partial charge in [0.15, 0.2) is 11.5 Å². The molecule has 2 aliphatic rings. The number of nitrogens with zero attached hydrogens (tertiary/aromatic N) is 1. The summed E-state index contributed by atoms with van der Waals surface area (Å²) in [6.45, 7) is 3.77. The molecule has 172 valence electrons. The third-order valence-corrected chi connectivity index (χ3v) is 5.70. The molecule has 0 bridgehead atoms. The molecular formula is C24H30N2O6. The number of hydrogen-bond acceptors (Lipinski definition) is 7. The van der Waals surface area contributed by atoms with Crippen LogP contribution in [0.5, 0.6) is 23.0 Å². The van der Waals surface area contributed by atoms with Crippen LogP contribution in [0.2, 0.25) is 0 Å². The third kappa shape index (κ3) is 5.63. The fourth-order valence-electron chi connectivity index (χ4n) is 3.76. The summed E-state index contributed by atoms with van der Waals surface area (Å²) < 4.78 is 22.0. The zero-order chi connectivity index (χ0) is 22.3. The summed E-state index contributed by atoms with van der Waals surface area (Å²) in [6, 6.07) is 12.2. The van der Waals surface area contributed by atoms with Crippen LogP contribution in [0.3, 0.4) is 0 Å². The lowest BCUT2D eigenvalue weighted by Crippen LogP contribution is -2.51.